The van der Waals surface area contributed by atoms with Gasteiger partial charge in [-0.25, -0.2) is 4.98 Å². The first-order valence-corrected chi connectivity index (χ1v) is 9.57. The summed E-state index contributed by atoms with van der Waals surface area (Å²) >= 11 is 0. The minimum Gasteiger partial charge on any atom is -0.480 e. The fourth-order valence-corrected chi connectivity index (χ4v) is 2.61. The van der Waals surface area contributed by atoms with Crippen LogP contribution in [0.25, 0.3) is 0 Å². The second-order valence-corrected chi connectivity index (χ2v) is 7.47. The molecule has 1 rings (SSSR count). The van der Waals surface area contributed by atoms with Crippen LogP contribution in [0.1, 0.15) is 32.4 Å². The summed E-state index contributed by atoms with van der Waals surface area (Å²) < 4.78 is 0. The molecule has 0 aliphatic rings. The molecule has 1 amide bonds. The van der Waals surface area contributed by atoms with Crippen LogP contribution in [0, 0.1) is 0 Å². The molecule has 1 aromatic rings. The molecule has 174 valence electrons. The van der Waals surface area contributed by atoms with Gasteiger partial charge in [0.1, 0.15) is 23.7 Å². The van der Waals surface area contributed by atoms with Gasteiger partial charge in [-0.15, -0.1) is 0 Å². The number of aromatic nitrogens is 2. The van der Waals surface area contributed by atoms with Gasteiger partial charge in [-0.3, -0.25) is 24.5 Å². The van der Waals surface area contributed by atoms with Gasteiger partial charge in [-0.2, -0.15) is 0 Å². The van der Waals surface area contributed by atoms with E-state index in [2.05, 4.69) is 25.9 Å². The largest absolute Gasteiger partial charge is 0.480 e. The van der Waals surface area contributed by atoms with Crippen LogP contribution in [0.3, 0.4) is 0 Å². The number of H-pyrrole nitrogens is 1. The lowest BCUT2D eigenvalue weighted by Gasteiger charge is -2.22. The SMILES string of the molecule is CC(C)(O)C(=O)NCC[C@H](N[C@@H](CCNC(Cc1cnc[nH]1)C(=O)O)C(=O)O)C(=O)O. The second kappa shape index (κ2) is 12.0. The fraction of sp³-hybridized carbons (Fsp3) is 0.611. The van der Waals surface area contributed by atoms with Gasteiger partial charge in [0.05, 0.1) is 6.33 Å². The molecule has 0 saturated heterocycles. The van der Waals surface area contributed by atoms with E-state index in [0.717, 1.165) is 0 Å². The lowest BCUT2D eigenvalue weighted by Crippen LogP contribution is -2.51. The summed E-state index contributed by atoms with van der Waals surface area (Å²) in [6.07, 6.45) is 2.80. The van der Waals surface area contributed by atoms with Gasteiger partial charge in [-0.1, -0.05) is 0 Å². The molecule has 1 unspecified atom stereocenters. The zero-order valence-electron chi connectivity index (χ0n) is 17.3. The number of amides is 1. The lowest BCUT2D eigenvalue weighted by atomic mass is 10.1. The van der Waals surface area contributed by atoms with Gasteiger partial charge in [0.2, 0.25) is 0 Å². The van der Waals surface area contributed by atoms with E-state index in [1.54, 1.807) is 0 Å². The summed E-state index contributed by atoms with van der Waals surface area (Å²) in [7, 11) is 0. The molecule has 0 saturated carbocycles. The molecule has 0 fully saturated rings. The van der Waals surface area contributed by atoms with E-state index in [0.29, 0.717) is 5.69 Å². The lowest BCUT2D eigenvalue weighted by molar-refractivity contribution is -0.143. The van der Waals surface area contributed by atoms with Crippen LogP contribution in [0.2, 0.25) is 0 Å². The molecule has 0 aliphatic carbocycles. The number of aromatic amines is 1. The third kappa shape index (κ3) is 9.55. The minimum atomic E-state index is -1.63. The van der Waals surface area contributed by atoms with Gasteiger partial charge in [0.15, 0.2) is 0 Å². The van der Waals surface area contributed by atoms with Crippen LogP contribution < -0.4 is 16.0 Å². The number of carboxylic acid groups (broad SMARTS) is 3. The van der Waals surface area contributed by atoms with Crippen LogP contribution in [-0.4, -0.2) is 91.0 Å². The highest BCUT2D eigenvalue weighted by molar-refractivity contribution is 5.84. The first kappa shape index (κ1) is 26.0. The highest BCUT2D eigenvalue weighted by Crippen LogP contribution is 2.03. The molecule has 0 bridgehead atoms. The molecule has 0 aliphatic heterocycles. The molecule has 8 N–H and O–H groups in total. The van der Waals surface area contributed by atoms with Crippen LogP contribution in [-0.2, 0) is 25.6 Å². The molecule has 0 aromatic carbocycles. The van der Waals surface area contributed by atoms with E-state index in [9.17, 15) is 39.6 Å². The quantitative estimate of drug-likeness (QED) is 0.151. The molecular weight excluding hydrogens is 414 g/mol. The Morgan fingerprint density at radius 1 is 1.00 bits per heavy atom. The number of carbonyl (C=O) groups excluding carboxylic acids is 1. The number of imidazole rings is 1. The number of carbonyl (C=O) groups is 4. The van der Waals surface area contributed by atoms with Crippen molar-refractivity contribution in [2.45, 2.75) is 56.8 Å². The molecule has 0 spiro atoms. The van der Waals surface area contributed by atoms with Crippen molar-refractivity contribution in [2.75, 3.05) is 13.1 Å². The first-order valence-electron chi connectivity index (χ1n) is 9.57. The predicted octanol–water partition coefficient (Wildman–Crippen LogP) is -1.84. The van der Waals surface area contributed by atoms with Crippen molar-refractivity contribution < 1.29 is 39.6 Å². The van der Waals surface area contributed by atoms with Crippen molar-refractivity contribution >= 4 is 23.8 Å². The smallest absolute Gasteiger partial charge is 0.321 e. The Labute approximate surface area is 178 Å². The number of hydrogen-bond donors (Lipinski definition) is 8. The highest BCUT2D eigenvalue weighted by atomic mass is 16.4. The Morgan fingerprint density at radius 2 is 1.55 bits per heavy atom. The van der Waals surface area contributed by atoms with Crippen molar-refractivity contribution in [3.8, 4) is 0 Å². The maximum atomic E-state index is 11.6. The number of nitrogens with zero attached hydrogens (tertiary/aromatic N) is 1. The number of rotatable bonds is 15. The van der Waals surface area contributed by atoms with E-state index >= 15 is 0 Å². The van der Waals surface area contributed by atoms with Crippen molar-refractivity contribution in [1.82, 2.24) is 25.9 Å². The van der Waals surface area contributed by atoms with Crippen LogP contribution >= 0.6 is 0 Å². The van der Waals surface area contributed by atoms with Crippen molar-refractivity contribution in [2.24, 2.45) is 0 Å². The van der Waals surface area contributed by atoms with Gasteiger partial charge in [-0.05, 0) is 33.2 Å². The summed E-state index contributed by atoms with van der Waals surface area (Å²) in [6.45, 7) is 2.46. The van der Waals surface area contributed by atoms with Gasteiger partial charge < -0.3 is 36.0 Å². The summed E-state index contributed by atoms with van der Waals surface area (Å²) in [6, 6.07) is -3.52. The van der Waals surface area contributed by atoms with Crippen molar-refractivity contribution in [1.29, 1.82) is 0 Å². The van der Waals surface area contributed by atoms with Gasteiger partial charge >= 0.3 is 17.9 Å². The molecule has 1 aromatic heterocycles. The van der Waals surface area contributed by atoms with Gasteiger partial charge in [0.25, 0.3) is 5.91 Å². The first-order chi connectivity index (χ1) is 14.4. The number of hydrogen-bond acceptors (Lipinski definition) is 8. The molecule has 3 atom stereocenters. The minimum absolute atomic E-state index is 0.00313. The molecule has 1 heterocycles. The van der Waals surface area contributed by atoms with E-state index in [-0.39, 0.29) is 32.4 Å². The average Bonchev–Trinajstić information content (AvgIpc) is 3.16. The Morgan fingerprint density at radius 3 is 2.00 bits per heavy atom. The van der Waals surface area contributed by atoms with Crippen LogP contribution in [0.4, 0.5) is 0 Å². The third-order valence-corrected chi connectivity index (χ3v) is 4.37. The summed E-state index contributed by atoms with van der Waals surface area (Å²) in [4.78, 5) is 52.6. The van der Waals surface area contributed by atoms with E-state index in [4.69, 9.17) is 0 Å². The van der Waals surface area contributed by atoms with E-state index in [1.165, 1.54) is 26.4 Å². The van der Waals surface area contributed by atoms with E-state index in [1.807, 2.05) is 0 Å². The fourth-order valence-electron chi connectivity index (χ4n) is 2.61. The Kier molecular flexibility index (Phi) is 10.0. The Bertz CT molecular complexity index is 747. The van der Waals surface area contributed by atoms with Crippen LogP contribution in [0.5, 0.6) is 0 Å². The standard InChI is InChI=1S/C18H29N5O8/c1-18(2,31)17(30)21-6-4-12(15(26)27)23-11(14(24)25)3-5-20-13(16(28)29)7-10-8-19-9-22-10/h8-9,11-13,20,23,31H,3-7H2,1-2H3,(H,19,22)(H,21,30)(H,24,25)(H,26,27)(H,28,29)/t11-,12-,13?/m0/s1. The Hall–Kier alpha value is -3.03. The zero-order chi connectivity index (χ0) is 23.6. The van der Waals surface area contributed by atoms with Crippen LogP contribution in [0.15, 0.2) is 12.5 Å². The highest BCUT2D eigenvalue weighted by Gasteiger charge is 2.28. The zero-order valence-corrected chi connectivity index (χ0v) is 17.3. The number of aliphatic carboxylic acids is 3. The number of nitrogens with one attached hydrogen (secondary N) is 4. The Balaban J connectivity index is 2.59. The second-order valence-electron chi connectivity index (χ2n) is 7.47. The normalized spacial score (nSPS) is 14.4. The van der Waals surface area contributed by atoms with E-state index < -0.39 is 47.5 Å². The maximum Gasteiger partial charge on any atom is 0.321 e. The average molecular weight is 443 g/mol. The summed E-state index contributed by atoms with van der Waals surface area (Å²) in [5.41, 5.74) is -1.04. The summed E-state index contributed by atoms with van der Waals surface area (Å²) in [5, 5.41) is 45.2. The third-order valence-electron chi connectivity index (χ3n) is 4.37. The topological polar surface area (TPSA) is 214 Å². The monoisotopic (exact) mass is 443 g/mol. The molecular formula is C18H29N5O8. The molecule has 13 nitrogen and oxygen atoms in total. The number of aliphatic hydroxyl groups is 1. The predicted molar refractivity (Wildman–Crippen MR) is 106 cm³/mol. The molecule has 13 heteroatoms. The van der Waals surface area contributed by atoms with Crippen molar-refractivity contribution in [3.05, 3.63) is 18.2 Å². The molecule has 0 radical (unpaired) electrons. The van der Waals surface area contributed by atoms with Crippen molar-refractivity contribution in [3.63, 3.8) is 0 Å². The van der Waals surface area contributed by atoms with Gasteiger partial charge in [0, 0.05) is 24.9 Å². The number of carboxylic acids is 3. The summed E-state index contributed by atoms with van der Waals surface area (Å²) in [5.74, 6) is -4.42. The maximum absolute atomic E-state index is 11.6. The molecule has 31 heavy (non-hydrogen) atoms.